The van der Waals surface area contributed by atoms with Crippen LogP contribution in [-0.2, 0) is 11.0 Å². The number of benzene rings is 2. The summed E-state index contributed by atoms with van der Waals surface area (Å²) in [6, 6.07) is 13.2. The zero-order valence-corrected chi connectivity index (χ0v) is 18.5. The van der Waals surface area contributed by atoms with E-state index in [9.17, 15) is 0 Å². The van der Waals surface area contributed by atoms with E-state index in [2.05, 4.69) is 100 Å². The summed E-state index contributed by atoms with van der Waals surface area (Å²) in [5.74, 6) is 0. The van der Waals surface area contributed by atoms with Crippen LogP contribution in [0, 0.1) is 13.8 Å². The van der Waals surface area contributed by atoms with Crippen LogP contribution in [0.2, 0.25) is 18.1 Å². The van der Waals surface area contributed by atoms with Gasteiger partial charge in [-0.15, -0.1) is 0 Å². The van der Waals surface area contributed by atoms with Gasteiger partial charge in [0.15, 0.2) is 8.32 Å². The molecule has 0 N–H and O–H groups in total. The highest BCUT2D eigenvalue weighted by molar-refractivity contribution is 9.10. The van der Waals surface area contributed by atoms with Crippen LogP contribution >= 0.6 is 15.9 Å². The maximum Gasteiger partial charge on any atom is 0.192 e. The molecule has 0 bridgehead atoms. The van der Waals surface area contributed by atoms with E-state index < -0.39 is 8.32 Å². The third kappa shape index (κ3) is 4.38. The molecular weight excluding hydrogens is 376 g/mol. The topological polar surface area (TPSA) is 9.23 Å². The van der Waals surface area contributed by atoms with Crippen LogP contribution in [0.1, 0.15) is 37.5 Å². The van der Waals surface area contributed by atoms with Crippen LogP contribution in [0.3, 0.4) is 0 Å². The first-order chi connectivity index (χ1) is 11.0. The van der Waals surface area contributed by atoms with E-state index in [-0.39, 0.29) is 5.04 Å². The molecule has 3 heteroatoms. The van der Waals surface area contributed by atoms with Crippen molar-refractivity contribution in [1.82, 2.24) is 0 Å². The van der Waals surface area contributed by atoms with Crippen molar-refractivity contribution < 1.29 is 4.43 Å². The first-order valence-corrected chi connectivity index (χ1v) is 12.2. The predicted molar refractivity (Wildman–Crippen MR) is 111 cm³/mol. The number of hydrogen-bond acceptors (Lipinski definition) is 1. The largest absolute Gasteiger partial charge is 0.413 e. The van der Waals surface area contributed by atoms with Crippen molar-refractivity contribution in [2.45, 2.75) is 59.4 Å². The molecule has 1 nitrogen and oxygen atoms in total. The monoisotopic (exact) mass is 404 g/mol. The molecule has 0 unspecified atom stereocenters. The Morgan fingerprint density at radius 1 is 0.958 bits per heavy atom. The Morgan fingerprint density at radius 2 is 1.62 bits per heavy atom. The number of halogens is 1. The standard InChI is InChI=1S/C21H29BrOSi/c1-15-12-17(20-11-10-19(22)13-16(20)2)8-9-18(15)14-23-24(6,7)21(3,4)5/h8-13H,14H2,1-7H3. The molecule has 0 saturated heterocycles. The minimum Gasteiger partial charge on any atom is -0.413 e. The fraction of sp³-hybridized carbons (Fsp3) is 0.429. The molecule has 0 spiro atoms. The highest BCUT2D eigenvalue weighted by atomic mass is 79.9. The quantitative estimate of drug-likeness (QED) is 0.487. The fourth-order valence-electron chi connectivity index (χ4n) is 2.45. The van der Waals surface area contributed by atoms with Gasteiger partial charge in [-0.2, -0.15) is 0 Å². The van der Waals surface area contributed by atoms with Crippen molar-refractivity contribution in [2.75, 3.05) is 0 Å². The third-order valence-electron chi connectivity index (χ3n) is 5.24. The molecule has 24 heavy (non-hydrogen) atoms. The SMILES string of the molecule is Cc1cc(-c2ccc(Br)cc2C)ccc1CO[Si](C)(C)C(C)(C)C. The molecule has 2 aromatic rings. The summed E-state index contributed by atoms with van der Waals surface area (Å²) in [7, 11) is -1.71. The van der Waals surface area contributed by atoms with Crippen molar-refractivity contribution >= 4 is 24.2 Å². The summed E-state index contributed by atoms with van der Waals surface area (Å²) in [6.45, 7) is 16.5. The highest BCUT2D eigenvalue weighted by Crippen LogP contribution is 2.37. The first kappa shape index (κ1) is 19.4. The smallest absolute Gasteiger partial charge is 0.192 e. The Labute approximate surface area is 156 Å². The van der Waals surface area contributed by atoms with E-state index in [4.69, 9.17) is 4.43 Å². The zero-order valence-electron chi connectivity index (χ0n) is 16.0. The molecule has 0 radical (unpaired) electrons. The second-order valence-electron chi connectivity index (χ2n) is 8.15. The minimum atomic E-state index is -1.71. The van der Waals surface area contributed by atoms with Crippen LogP contribution in [0.25, 0.3) is 11.1 Å². The Bertz CT molecular complexity index is 729. The van der Waals surface area contributed by atoms with Gasteiger partial charge in [0, 0.05) is 4.47 Å². The third-order valence-corrected chi connectivity index (χ3v) is 10.2. The molecule has 0 aliphatic rings. The Hall–Kier alpha value is -0.903. The molecule has 0 aliphatic carbocycles. The molecule has 0 atom stereocenters. The lowest BCUT2D eigenvalue weighted by atomic mass is 9.97. The maximum absolute atomic E-state index is 6.38. The second-order valence-corrected chi connectivity index (χ2v) is 13.9. The molecule has 0 aliphatic heterocycles. The summed E-state index contributed by atoms with van der Waals surface area (Å²) < 4.78 is 7.50. The van der Waals surface area contributed by atoms with E-state index in [0.717, 1.165) is 4.47 Å². The number of hydrogen-bond donors (Lipinski definition) is 0. The van der Waals surface area contributed by atoms with Crippen LogP contribution in [0.15, 0.2) is 40.9 Å². The van der Waals surface area contributed by atoms with Crippen molar-refractivity contribution in [2.24, 2.45) is 0 Å². The Morgan fingerprint density at radius 3 is 2.17 bits per heavy atom. The lowest BCUT2D eigenvalue weighted by Crippen LogP contribution is -2.40. The molecule has 2 rings (SSSR count). The van der Waals surface area contributed by atoms with Crippen molar-refractivity contribution in [3.8, 4) is 11.1 Å². The Balaban J connectivity index is 2.21. The van der Waals surface area contributed by atoms with Crippen molar-refractivity contribution in [3.05, 3.63) is 57.6 Å². The van der Waals surface area contributed by atoms with Gasteiger partial charge in [0.2, 0.25) is 0 Å². The van der Waals surface area contributed by atoms with Gasteiger partial charge in [0.05, 0.1) is 6.61 Å². The van der Waals surface area contributed by atoms with E-state index in [1.165, 1.54) is 27.8 Å². The summed E-state index contributed by atoms with van der Waals surface area (Å²) in [4.78, 5) is 0. The van der Waals surface area contributed by atoms with E-state index in [0.29, 0.717) is 6.61 Å². The van der Waals surface area contributed by atoms with Gasteiger partial charge in [-0.25, -0.2) is 0 Å². The van der Waals surface area contributed by atoms with Crippen LogP contribution < -0.4 is 0 Å². The average Bonchev–Trinajstić information content (AvgIpc) is 2.44. The molecule has 0 aromatic heterocycles. The van der Waals surface area contributed by atoms with Gasteiger partial charge >= 0.3 is 0 Å². The van der Waals surface area contributed by atoms with Gasteiger partial charge in [-0.3, -0.25) is 0 Å². The first-order valence-electron chi connectivity index (χ1n) is 8.51. The van der Waals surface area contributed by atoms with Gasteiger partial charge in [-0.05, 0) is 71.9 Å². The summed E-state index contributed by atoms with van der Waals surface area (Å²) in [5, 5.41) is 0.245. The normalized spacial score (nSPS) is 12.5. The number of aryl methyl sites for hydroxylation is 2. The van der Waals surface area contributed by atoms with E-state index in [1.54, 1.807) is 0 Å². The molecule has 0 amide bonds. The molecule has 2 aromatic carbocycles. The zero-order chi connectivity index (χ0) is 18.1. The lowest BCUT2D eigenvalue weighted by molar-refractivity contribution is 0.275. The molecular formula is C21H29BrOSi. The number of rotatable bonds is 4. The average molecular weight is 405 g/mol. The second kappa shape index (κ2) is 7.15. The van der Waals surface area contributed by atoms with Gasteiger partial charge < -0.3 is 4.43 Å². The lowest BCUT2D eigenvalue weighted by Gasteiger charge is -2.36. The van der Waals surface area contributed by atoms with Crippen molar-refractivity contribution in [1.29, 1.82) is 0 Å². The van der Waals surface area contributed by atoms with E-state index in [1.807, 2.05) is 0 Å². The predicted octanol–water partition coefficient (Wildman–Crippen LogP) is 7.25. The minimum absolute atomic E-state index is 0.245. The summed E-state index contributed by atoms with van der Waals surface area (Å²) >= 11 is 3.54. The van der Waals surface area contributed by atoms with E-state index >= 15 is 0 Å². The molecule has 130 valence electrons. The molecule has 0 heterocycles. The Kier molecular flexibility index (Phi) is 5.78. The van der Waals surface area contributed by atoms with Crippen molar-refractivity contribution in [3.63, 3.8) is 0 Å². The van der Waals surface area contributed by atoms with Gasteiger partial charge in [0.1, 0.15) is 0 Å². The maximum atomic E-state index is 6.38. The van der Waals surface area contributed by atoms with Gasteiger partial charge in [-0.1, -0.05) is 61.0 Å². The van der Waals surface area contributed by atoms with Crippen LogP contribution in [0.5, 0.6) is 0 Å². The summed E-state index contributed by atoms with van der Waals surface area (Å²) in [6.07, 6.45) is 0. The van der Waals surface area contributed by atoms with Crippen LogP contribution in [0.4, 0.5) is 0 Å². The molecule has 0 fully saturated rings. The summed E-state index contributed by atoms with van der Waals surface area (Å²) in [5.41, 5.74) is 6.44. The molecule has 0 saturated carbocycles. The van der Waals surface area contributed by atoms with Crippen LogP contribution in [-0.4, -0.2) is 8.32 Å². The highest BCUT2D eigenvalue weighted by Gasteiger charge is 2.37. The fourth-order valence-corrected chi connectivity index (χ4v) is 3.88. The van der Waals surface area contributed by atoms with Gasteiger partial charge in [0.25, 0.3) is 0 Å².